The van der Waals surface area contributed by atoms with Crippen LogP contribution < -0.4 is 9.64 Å². The van der Waals surface area contributed by atoms with Crippen LogP contribution in [0.25, 0.3) is 5.82 Å². The number of anilines is 1. The third-order valence-electron chi connectivity index (χ3n) is 5.56. The number of rotatable bonds is 5. The number of hydrogen-bond acceptors (Lipinski definition) is 7. The molecule has 1 aliphatic rings. The van der Waals surface area contributed by atoms with Crippen LogP contribution in [0.5, 0.6) is 5.75 Å². The van der Waals surface area contributed by atoms with E-state index in [1.165, 1.54) is 12.1 Å². The Balaban J connectivity index is 1.54. The van der Waals surface area contributed by atoms with Crippen molar-refractivity contribution in [3.63, 3.8) is 0 Å². The summed E-state index contributed by atoms with van der Waals surface area (Å²) >= 11 is 0. The smallest absolute Gasteiger partial charge is 0.404 e. The number of benzene rings is 1. The van der Waals surface area contributed by atoms with E-state index in [2.05, 4.69) is 19.7 Å². The molecule has 0 amide bonds. The molecule has 0 saturated carbocycles. The number of hydrogen-bond donors (Lipinski definition) is 0. The van der Waals surface area contributed by atoms with Crippen molar-refractivity contribution in [2.45, 2.75) is 32.0 Å². The van der Waals surface area contributed by atoms with Crippen LogP contribution in [0.15, 0.2) is 41.6 Å². The summed E-state index contributed by atoms with van der Waals surface area (Å²) in [4.78, 5) is 14.7. The Morgan fingerprint density at radius 1 is 0.971 bits per heavy atom. The Kier molecular flexibility index (Phi) is 6.25. The van der Waals surface area contributed by atoms with Crippen molar-refractivity contribution in [2.75, 3.05) is 31.1 Å². The van der Waals surface area contributed by atoms with Gasteiger partial charge in [-0.2, -0.15) is 4.31 Å². The average Bonchev–Trinajstić information content (AvgIpc) is 3.11. The van der Waals surface area contributed by atoms with Gasteiger partial charge in [-0.3, -0.25) is 4.57 Å². The molecule has 182 valence electrons. The highest BCUT2D eigenvalue weighted by atomic mass is 32.2. The first-order valence-electron chi connectivity index (χ1n) is 10.4. The summed E-state index contributed by atoms with van der Waals surface area (Å²) in [6.07, 6.45) is -3.32. The minimum absolute atomic E-state index is 0.0737. The van der Waals surface area contributed by atoms with E-state index in [1.807, 2.05) is 23.3 Å². The quantitative estimate of drug-likeness (QED) is 0.536. The van der Waals surface area contributed by atoms with Crippen molar-refractivity contribution in [3.8, 4) is 11.6 Å². The van der Waals surface area contributed by atoms with E-state index >= 15 is 0 Å². The van der Waals surface area contributed by atoms with Gasteiger partial charge in [0.15, 0.2) is 0 Å². The number of sulfonamides is 1. The lowest BCUT2D eigenvalue weighted by molar-refractivity contribution is -0.275. The van der Waals surface area contributed by atoms with Gasteiger partial charge in [-0.15, -0.1) is 13.2 Å². The Morgan fingerprint density at radius 3 is 2.24 bits per heavy atom. The standard InChI is InChI=1S/C21H23F3N6O3S/c1-14-15(2)30(13-25-14)20-12-19(26-16(3)27-20)28-8-10-29(11-9-28)34(31,32)18-7-5-4-6-17(18)33-21(22,23)24/h4-7,12-13H,8-11H2,1-3H3. The van der Waals surface area contributed by atoms with Gasteiger partial charge >= 0.3 is 6.36 Å². The number of aromatic nitrogens is 4. The number of aryl methyl sites for hydroxylation is 2. The number of imidazole rings is 1. The second kappa shape index (κ2) is 8.87. The topological polar surface area (TPSA) is 93.5 Å². The first-order valence-corrected chi connectivity index (χ1v) is 11.9. The lowest BCUT2D eigenvalue weighted by atomic mass is 10.3. The van der Waals surface area contributed by atoms with E-state index < -0.39 is 27.0 Å². The highest BCUT2D eigenvalue weighted by molar-refractivity contribution is 7.89. The lowest BCUT2D eigenvalue weighted by Crippen LogP contribution is -2.49. The number of ether oxygens (including phenoxy) is 1. The molecule has 0 bridgehead atoms. The summed E-state index contributed by atoms with van der Waals surface area (Å²) in [7, 11) is -4.20. The monoisotopic (exact) mass is 496 g/mol. The summed E-state index contributed by atoms with van der Waals surface area (Å²) < 4.78 is 71.4. The van der Waals surface area contributed by atoms with Crippen molar-refractivity contribution >= 4 is 15.8 Å². The Hall–Kier alpha value is -3.19. The molecule has 4 rings (SSSR count). The van der Waals surface area contributed by atoms with Gasteiger partial charge in [-0.1, -0.05) is 12.1 Å². The van der Waals surface area contributed by atoms with E-state index in [4.69, 9.17) is 0 Å². The molecule has 0 radical (unpaired) electrons. The van der Waals surface area contributed by atoms with Gasteiger partial charge in [0.2, 0.25) is 10.0 Å². The molecule has 0 N–H and O–H groups in total. The van der Waals surface area contributed by atoms with Crippen LogP contribution in [-0.4, -0.2) is 64.8 Å². The van der Waals surface area contributed by atoms with Crippen LogP contribution in [0.2, 0.25) is 0 Å². The van der Waals surface area contributed by atoms with Crippen molar-refractivity contribution in [2.24, 2.45) is 0 Å². The number of halogens is 3. The molecule has 1 saturated heterocycles. The van der Waals surface area contributed by atoms with E-state index in [1.54, 1.807) is 19.3 Å². The van der Waals surface area contributed by atoms with Crippen molar-refractivity contribution < 1.29 is 26.3 Å². The van der Waals surface area contributed by atoms with Crippen molar-refractivity contribution in [1.29, 1.82) is 0 Å². The summed E-state index contributed by atoms with van der Waals surface area (Å²) in [6.45, 7) is 6.36. The fourth-order valence-electron chi connectivity index (χ4n) is 3.72. The van der Waals surface area contributed by atoms with Crippen LogP contribution in [0.3, 0.4) is 0 Å². The molecule has 0 unspecified atom stereocenters. The number of alkyl halides is 3. The van der Waals surface area contributed by atoms with E-state index in [-0.39, 0.29) is 13.1 Å². The molecule has 0 aliphatic carbocycles. The molecule has 3 aromatic rings. The minimum atomic E-state index is -5.00. The molecule has 9 nitrogen and oxygen atoms in total. The summed E-state index contributed by atoms with van der Waals surface area (Å²) in [5, 5.41) is 0. The van der Waals surface area contributed by atoms with Gasteiger partial charge < -0.3 is 9.64 Å². The molecule has 1 aliphatic heterocycles. The van der Waals surface area contributed by atoms with Gasteiger partial charge in [0.25, 0.3) is 0 Å². The normalized spacial score (nSPS) is 15.5. The molecule has 0 spiro atoms. The largest absolute Gasteiger partial charge is 0.573 e. The predicted octanol–water partition coefficient (Wildman–Crippen LogP) is 3.00. The highest BCUT2D eigenvalue weighted by Crippen LogP contribution is 2.32. The fourth-order valence-corrected chi connectivity index (χ4v) is 5.26. The summed E-state index contributed by atoms with van der Waals surface area (Å²) in [5.74, 6) is 1.08. The molecule has 1 aromatic carbocycles. The molecular weight excluding hydrogens is 473 g/mol. The Labute approximate surface area is 194 Å². The minimum Gasteiger partial charge on any atom is -0.404 e. The number of nitrogens with zero attached hydrogens (tertiary/aromatic N) is 6. The first kappa shape index (κ1) is 24.0. The van der Waals surface area contributed by atoms with E-state index in [0.29, 0.717) is 30.5 Å². The summed E-state index contributed by atoms with van der Waals surface area (Å²) in [5.41, 5.74) is 1.83. The van der Waals surface area contributed by atoms with Crippen molar-refractivity contribution in [3.05, 3.63) is 53.9 Å². The number of piperazine rings is 1. The SMILES string of the molecule is Cc1nc(N2CCN(S(=O)(=O)c3ccccc3OC(F)(F)F)CC2)cc(-n2cnc(C)c2C)n1. The van der Waals surface area contributed by atoms with Crippen LogP contribution >= 0.6 is 0 Å². The van der Waals surface area contributed by atoms with Gasteiger partial charge in [-0.05, 0) is 32.9 Å². The predicted molar refractivity (Wildman–Crippen MR) is 117 cm³/mol. The fraction of sp³-hybridized carbons (Fsp3) is 0.381. The third-order valence-corrected chi connectivity index (χ3v) is 7.50. The number of para-hydroxylation sites is 1. The van der Waals surface area contributed by atoms with E-state index in [9.17, 15) is 21.6 Å². The van der Waals surface area contributed by atoms with E-state index in [0.717, 1.165) is 27.8 Å². The second-order valence-corrected chi connectivity index (χ2v) is 9.71. The van der Waals surface area contributed by atoms with Crippen molar-refractivity contribution in [1.82, 2.24) is 23.8 Å². The second-order valence-electron chi connectivity index (χ2n) is 7.80. The Bertz CT molecular complexity index is 1300. The molecule has 3 heterocycles. The molecule has 2 aromatic heterocycles. The van der Waals surface area contributed by atoms with Crippen LogP contribution in [0, 0.1) is 20.8 Å². The van der Waals surface area contributed by atoms with Gasteiger partial charge in [0.05, 0.1) is 5.69 Å². The average molecular weight is 497 g/mol. The molecule has 13 heteroatoms. The van der Waals surface area contributed by atoms with Crippen LogP contribution in [-0.2, 0) is 10.0 Å². The summed E-state index contributed by atoms with van der Waals surface area (Å²) in [6, 6.07) is 6.55. The van der Waals surface area contributed by atoms with Gasteiger partial charge in [-0.25, -0.2) is 23.4 Å². The van der Waals surface area contributed by atoms with Gasteiger partial charge in [0.1, 0.15) is 34.4 Å². The maximum absolute atomic E-state index is 13.1. The lowest BCUT2D eigenvalue weighted by Gasteiger charge is -2.35. The molecule has 1 fully saturated rings. The zero-order chi connectivity index (χ0) is 24.7. The molecular formula is C21H23F3N6O3S. The molecule has 0 atom stereocenters. The highest BCUT2D eigenvalue weighted by Gasteiger charge is 2.36. The maximum atomic E-state index is 13.1. The van der Waals surface area contributed by atoms with Crippen LogP contribution in [0.4, 0.5) is 19.0 Å². The third kappa shape index (κ3) is 4.85. The Morgan fingerprint density at radius 2 is 1.62 bits per heavy atom. The maximum Gasteiger partial charge on any atom is 0.573 e. The zero-order valence-electron chi connectivity index (χ0n) is 18.7. The first-order chi connectivity index (χ1) is 16.0. The van der Waals surface area contributed by atoms with Crippen LogP contribution in [0.1, 0.15) is 17.2 Å². The molecule has 34 heavy (non-hydrogen) atoms. The zero-order valence-corrected chi connectivity index (χ0v) is 19.6. The van der Waals surface area contributed by atoms with Gasteiger partial charge in [0, 0.05) is 37.9 Å².